The van der Waals surface area contributed by atoms with Gasteiger partial charge in [-0.3, -0.25) is 0 Å². The zero-order valence-corrected chi connectivity index (χ0v) is 28.9. The van der Waals surface area contributed by atoms with E-state index in [-0.39, 0.29) is 6.61 Å². The molecule has 0 saturated carbocycles. The third kappa shape index (κ3) is 8.26. The summed E-state index contributed by atoms with van der Waals surface area (Å²) in [6.45, 7) is -0.0539. The minimum absolute atomic E-state index is 0.0539. The number of esters is 3. The van der Waals surface area contributed by atoms with Gasteiger partial charge in [-0.25, -0.2) is 14.4 Å². The van der Waals surface area contributed by atoms with Crippen LogP contribution in [0, 0.1) is 0 Å². The zero-order chi connectivity index (χ0) is 35.0. The first kappa shape index (κ1) is 33.9. The van der Waals surface area contributed by atoms with E-state index in [1.54, 1.807) is 36.4 Å². The van der Waals surface area contributed by atoms with Crippen molar-refractivity contribution < 1.29 is 28.6 Å². The lowest BCUT2D eigenvalue weighted by Crippen LogP contribution is -2.38. The van der Waals surface area contributed by atoms with E-state index in [2.05, 4.69) is 0 Å². The molecule has 0 aliphatic carbocycles. The Hall–Kier alpha value is -5.57. The first-order valence-electron chi connectivity index (χ1n) is 16.4. The van der Waals surface area contributed by atoms with Gasteiger partial charge in [0.25, 0.3) is 0 Å². The van der Waals surface area contributed by atoms with Crippen LogP contribution in [0.5, 0.6) is 0 Å². The molecule has 51 heavy (non-hydrogen) atoms. The van der Waals surface area contributed by atoms with Crippen molar-refractivity contribution in [1.29, 1.82) is 0 Å². The van der Waals surface area contributed by atoms with E-state index in [1.807, 2.05) is 127 Å². The molecule has 0 bridgehead atoms. The second kappa shape index (κ2) is 16.0. The normalized spacial score (nSPS) is 16.6. The number of ether oxygens (including phenoxy) is 3. The molecule has 1 heterocycles. The Bertz CT molecular complexity index is 2090. The highest BCUT2D eigenvalue weighted by molar-refractivity contribution is 8.77. The molecule has 1 aliphatic rings. The highest BCUT2D eigenvalue weighted by Crippen LogP contribution is 2.46. The molecule has 6 nitrogen and oxygen atoms in total. The molecule has 0 radical (unpaired) electrons. The maximum absolute atomic E-state index is 13.5. The minimum atomic E-state index is -0.887. The number of carbonyl (C=O) groups excluding carboxylic acids is 3. The summed E-state index contributed by atoms with van der Waals surface area (Å²) in [6, 6.07) is 51.2. The topological polar surface area (TPSA) is 78.9 Å². The van der Waals surface area contributed by atoms with Gasteiger partial charge in [-0.15, -0.1) is 0 Å². The quantitative estimate of drug-likeness (QED) is 0.0791. The molecular weight excluding hydrogens is 677 g/mol. The van der Waals surface area contributed by atoms with Crippen molar-refractivity contribution in [1.82, 2.24) is 0 Å². The maximum atomic E-state index is 13.5. The average Bonchev–Trinajstić information content (AvgIpc) is 3.57. The van der Waals surface area contributed by atoms with Gasteiger partial charge in [0.15, 0.2) is 11.5 Å². The predicted octanol–water partition coefficient (Wildman–Crippen LogP) is 10.0. The van der Waals surface area contributed by atoms with E-state index in [1.165, 1.54) is 21.6 Å². The second-order valence-electron chi connectivity index (χ2n) is 11.8. The van der Waals surface area contributed by atoms with Crippen LogP contribution in [0.15, 0.2) is 164 Å². The summed E-state index contributed by atoms with van der Waals surface area (Å²) in [5.74, 6) is -1.61. The molecule has 1 fully saturated rings. The van der Waals surface area contributed by atoms with Crippen molar-refractivity contribution in [3.63, 3.8) is 0 Å². The number of hydrogen-bond donors (Lipinski definition) is 0. The number of rotatable bonds is 10. The highest BCUT2D eigenvalue weighted by Gasteiger charge is 2.44. The van der Waals surface area contributed by atoms with E-state index >= 15 is 0 Å². The van der Waals surface area contributed by atoms with Gasteiger partial charge in [-0.1, -0.05) is 138 Å². The summed E-state index contributed by atoms with van der Waals surface area (Å²) in [5, 5.41) is -0.492. The lowest BCUT2D eigenvalue weighted by Gasteiger charge is -2.23. The largest absolute Gasteiger partial charge is 0.461 e. The molecule has 6 aromatic rings. The third-order valence-electron chi connectivity index (χ3n) is 8.44. The van der Waals surface area contributed by atoms with Crippen LogP contribution in [0.4, 0.5) is 0 Å². The lowest BCUT2D eigenvalue weighted by atomic mass is 10.0. The summed E-state index contributed by atoms with van der Waals surface area (Å²) < 4.78 is 17.7. The van der Waals surface area contributed by atoms with Crippen LogP contribution in [-0.2, 0) is 14.2 Å². The molecule has 0 aromatic heterocycles. The van der Waals surface area contributed by atoms with Crippen LogP contribution in [0.25, 0.3) is 33.4 Å². The number of hydrogen-bond acceptors (Lipinski definition) is 8. The summed E-state index contributed by atoms with van der Waals surface area (Å²) >= 11 is 0. The fourth-order valence-corrected chi connectivity index (χ4v) is 8.61. The van der Waals surface area contributed by atoms with Gasteiger partial charge >= 0.3 is 17.9 Å². The maximum Gasteiger partial charge on any atom is 0.339 e. The fraction of sp³-hybridized carbons (Fsp3) is 0.0930. The SMILES string of the molecule is O=C(OC[C@H]1SS[C@@H](OC(=O)c2ccc(-c3ccccc3)cc2)[C@H]1OC(=O)c1ccc(-c2ccccc2)cc1)c1ccc(-c2ccccc2)cc1. The van der Waals surface area contributed by atoms with Crippen LogP contribution >= 0.6 is 21.6 Å². The fourth-order valence-electron chi connectivity index (χ4n) is 5.65. The van der Waals surface area contributed by atoms with Crippen molar-refractivity contribution in [2.45, 2.75) is 16.8 Å². The monoisotopic (exact) mass is 708 g/mol. The Morgan fingerprint density at radius 2 is 0.765 bits per heavy atom. The minimum Gasteiger partial charge on any atom is -0.461 e. The van der Waals surface area contributed by atoms with Crippen molar-refractivity contribution in [3.05, 3.63) is 180 Å². The Morgan fingerprint density at radius 3 is 1.18 bits per heavy atom. The van der Waals surface area contributed by atoms with E-state index in [0.29, 0.717) is 16.7 Å². The lowest BCUT2D eigenvalue weighted by molar-refractivity contribution is -0.0145. The molecular formula is C43H32O6S2. The standard InChI is InChI=1S/C43H32O6S2/c44-40(35-22-16-32(17-23-35)29-10-4-1-5-11-29)47-28-38-39(48-41(45)36-24-18-33(19-25-36)30-12-6-2-7-13-30)43(51-50-38)49-42(46)37-26-20-34(21-27-37)31-14-8-3-9-15-31/h1-27,38-39,43H,28H2/t38-,39+,43-/m1/s1. The van der Waals surface area contributed by atoms with Crippen LogP contribution in [0.2, 0.25) is 0 Å². The second-order valence-corrected chi connectivity index (χ2v) is 14.4. The van der Waals surface area contributed by atoms with Gasteiger partial charge in [-0.2, -0.15) is 0 Å². The summed E-state index contributed by atoms with van der Waals surface area (Å²) in [7, 11) is 2.62. The Morgan fingerprint density at radius 1 is 0.412 bits per heavy atom. The van der Waals surface area contributed by atoms with Crippen LogP contribution in [0.3, 0.4) is 0 Å². The molecule has 0 N–H and O–H groups in total. The smallest absolute Gasteiger partial charge is 0.339 e. The molecule has 0 spiro atoms. The van der Waals surface area contributed by atoms with Crippen LogP contribution < -0.4 is 0 Å². The Balaban J connectivity index is 1.05. The zero-order valence-electron chi connectivity index (χ0n) is 27.3. The molecule has 252 valence electrons. The summed E-state index contributed by atoms with van der Waals surface area (Å²) in [5.41, 5.74) is 6.32. The van der Waals surface area contributed by atoms with Gasteiger partial charge in [-0.05, 0) is 80.6 Å². The molecule has 6 aromatic carbocycles. The van der Waals surface area contributed by atoms with E-state index in [0.717, 1.165) is 33.4 Å². The molecule has 1 saturated heterocycles. The molecule has 3 atom stereocenters. The molecule has 1 aliphatic heterocycles. The van der Waals surface area contributed by atoms with Crippen LogP contribution in [-0.4, -0.2) is 41.3 Å². The van der Waals surface area contributed by atoms with E-state index in [4.69, 9.17) is 14.2 Å². The first-order valence-corrected chi connectivity index (χ1v) is 18.7. The van der Waals surface area contributed by atoms with Crippen molar-refractivity contribution in [2.24, 2.45) is 0 Å². The van der Waals surface area contributed by atoms with E-state index < -0.39 is 34.7 Å². The van der Waals surface area contributed by atoms with Gasteiger partial charge in [0.1, 0.15) is 6.61 Å². The first-order chi connectivity index (χ1) is 25.0. The predicted molar refractivity (Wildman–Crippen MR) is 203 cm³/mol. The van der Waals surface area contributed by atoms with Crippen LogP contribution in [0.1, 0.15) is 31.1 Å². The van der Waals surface area contributed by atoms with Gasteiger partial charge < -0.3 is 14.2 Å². The molecule has 0 amide bonds. The van der Waals surface area contributed by atoms with Gasteiger partial charge in [0, 0.05) is 0 Å². The number of benzene rings is 6. The van der Waals surface area contributed by atoms with Crippen molar-refractivity contribution in [3.8, 4) is 33.4 Å². The molecule has 8 heteroatoms. The molecule has 7 rings (SSSR count). The van der Waals surface area contributed by atoms with Crippen molar-refractivity contribution in [2.75, 3.05) is 6.61 Å². The average molecular weight is 709 g/mol. The highest BCUT2D eigenvalue weighted by atomic mass is 33.1. The van der Waals surface area contributed by atoms with Gasteiger partial charge in [0.05, 0.1) is 21.9 Å². The summed E-state index contributed by atoms with van der Waals surface area (Å²) in [6.07, 6.45) is -0.887. The Labute approximate surface area is 304 Å². The Kier molecular flexibility index (Phi) is 10.6. The third-order valence-corrected chi connectivity index (χ3v) is 11.4. The molecule has 0 unspecified atom stereocenters. The van der Waals surface area contributed by atoms with Crippen molar-refractivity contribution >= 4 is 39.5 Å². The summed E-state index contributed by atoms with van der Waals surface area (Å²) in [4.78, 5) is 39.9. The number of carbonyl (C=O) groups is 3. The van der Waals surface area contributed by atoms with E-state index in [9.17, 15) is 14.4 Å². The van der Waals surface area contributed by atoms with Gasteiger partial charge in [0.2, 0.25) is 0 Å².